The number of hydrogen-bond donors (Lipinski definition) is 3. The number of benzene rings is 1. The van der Waals surface area contributed by atoms with E-state index >= 15 is 0 Å². The van der Waals surface area contributed by atoms with Crippen LogP contribution in [-0.2, 0) is 4.79 Å². The molecule has 5 nitrogen and oxygen atoms in total. The molecular formula is C10H11NO4. The number of carboxylic acid groups (broad SMARTS) is 1. The fourth-order valence-electron chi connectivity index (χ4n) is 1.08. The molecule has 0 bridgehead atoms. The Hall–Kier alpha value is -2.04. The topological polar surface area (TPSA) is 86.6 Å². The minimum absolute atomic E-state index is 0.0712. The fraction of sp³-hybridized carbons (Fsp3) is 0.200. The molecule has 0 radical (unpaired) electrons. The maximum absolute atomic E-state index is 11.3. The Balaban J connectivity index is 2.78. The molecule has 15 heavy (non-hydrogen) atoms. The van der Waals surface area contributed by atoms with Crippen LogP contribution < -0.4 is 5.32 Å². The van der Waals surface area contributed by atoms with Crippen LogP contribution in [0.5, 0.6) is 5.75 Å². The van der Waals surface area contributed by atoms with Crippen LogP contribution in [0.4, 0.5) is 0 Å². The molecule has 5 heteroatoms. The summed E-state index contributed by atoms with van der Waals surface area (Å²) in [5.74, 6) is -1.89. The van der Waals surface area contributed by atoms with Gasteiger partial charge in [-0.25, -0.2) is 0 Å². The lowest BCUT2D eigenvalue weighted by atomic mass is 10.1. The van der Waals surface area contributed by atoms with Gasteiger partial charge >= 0.3 is 5.97 Å². The zero-order valence-corrected chi connectivity index (χ0v) is 8.15. The smallest absolute Gasteiger partial charge is 0.322 e. The van der Waals surface area contributed by atoms with Gasteiger partial charge < -0.3 is 15.5 Å². The van der Waals surface area contributed by atoms with Crippen LogP contribution in [0, 0.1) is 6.92 Å². The Morgan fingerprint density at radius 2 is 2.07 bits per heavy atom. The second kappa shape index (κ2) is 4.45. The summed E-state index contributed by atoms with van der Waals surface area (Å²) >= 11 is 0. The van der Waals surface area contributed by atoms with Crippen molar-refractivity contribution in [2.45, 2.75) is 6.92 Å². The van der Waals surface area contributed by atoms with Crippen molar-refractivity contribution < 1.29 is 19.8 Å². The highest BCUT2D eigenvalue weighted by Crippen LogP contribution is 2.17. The lowest BCUT2D eigenvalue weighted by molar-refractivity contribution is -0.135. The van der Waals surface area contributed by atoms with Gasteiger partial charge in [0.15, 0.2) is 0 Å². The van der Waals surface area contributed by atoms with Crippen molar-refractivity contribution in [2.75, 3.05) is 6.54 Å². The molecule has 0 aromatic heterocycles. The number of carbonyl (C=O) groups is 2. The van der Waals surface area contributed by atoms with Crippen molar-refractivity contribution in [1.29, 1.82) is 0 Å². The molecule has 1 aromatic rings. The summed E-state index contributed by atoms with van der Waals surface area (Å²) in [5, 5.41) is 19.9. The molecule has 0 saturated heterocycles. The summed E-state index contributed by atoms with van der Waals surface area (Å²) in [6.07, 6.45) is 0. The third-order valence-corrected chi connectivity index (χ3v) is 1.80. The molecule has 0 saturated carbocycles. The van der Waals surface area contributed by atoms with E-state index in [1.165, 1.54) is 12.1 Å². The summed E-state index contributed by atoms with van der Waals surface area (Å²) in [7, 11) is 0. The Labute approximate surface area is 86.4 Å². The molecule has 0 aliphatic heterocycles. The van der Waals surface area contributed by atoms with E-state index < -0.39 is 18.4 Å². The number of phenols is 1. The summed E-state index contributed by atoms with van der Waals surface area (Å²) < 4.78 is 0. The van der Waals surface area contributed by atoms with E-state index in [1.54, 1.807) is 13.0 Å². The van der Waals surface area contributed by atoms with Gasteiger partial charge in [-0.2, -0.15) is 0 Å². The highest BCUT2D eigenvalue weighted by molar-refractivity contribution is 5.98. The molecule has 0 aliphatic carbocycles. The van der Waals surface area contributed by atoms with E-state index in [0.717, 1.165) is 5.56 Å². The van der Waals surface area contributed by atoms with E-state index in [2.05, 4.69) is 5.32 Å². The largest absolute Gasteiger partial charge is 0.507 e. The van der Waals surface area contributed by atoms with Crippen molar-refractivity contribution in [1.82, 2.24) is 5.32 Å². The molecule has 0 unspecified atom stereocenters. The van der Waals surface area contributed by atoms with Crippen LogP contribution >= 0.6 is 0 Å². The first kappa shape index (κ1) is 11.0. The lowest BCUT2D eigenvalue weighted by Gasteiger charge is -2.05. The zero-order valence-electron chi connectivity index (χ0n) is 8.15. The normalized spacial score (nSPS) is 9.67. The average Bonchev–Trinajstić information content (AvgIpc) is 2.14. The van der Waals surface area contributed by atoms with Crippen molar-refractivity contribution in [3.63, 3.8) is 0 Å². The molecule has 1 amide bonds. The first-order chi connectivity index (χ1) is 7.00. The quantitative estimate of drug-likeness (QED) is 0.677. The molecule has 1 rings (SSSR count). The SMILES string of the molecule is Cc1ccc(C(=O)NCC(=O)O)c(O)c1. The maximum atomic E-state index is 11.3. The van der Waals surface area contributed by atoms with E-state index in [4.69, 9.17) is 5.11 Å². The summed E-state index contributed by atoms with van der Waals surface area (Å²) in [5.41, 5.74) is 0.893. The first-order valence-corrected chi connectivity index (χ1v) is 4.30. The molecule has 80 valence electrons. The summed E-state index contributed by atoms with van der Waals surface area (Å²) in [6.45, 7) is 1.31. The third kappa shape index (κ3) is 2.98. The van der Waals surface area contributed by atoms with Crippen molar-refractivity contribution in [3.8, 4) is 5.75 Å². The molecule has 1 aromatic carbocycles. The minimum atomic E-state index is -1.13. The number of rotatable bonds is 3. The van der Waals surface area contributed by atoms with E-state index in [1.807, 2.05) is 0 Å². The number of aryl methyl sites for hydroxylation is 1. The zero-order chi connectivity index (χ0) is 11.4. The standard InChI is InChI=1S/C10H11NO4/c1-6-2-3-7(8(12)4-6)10(15)11-5-9(13)14/h2-4,12H,5H2,1H3,(H,11,15)(H,13,14). The van der Waals surface area contributed by atoms with Crippen LogP contribution in [0.1, 0.15) is 15.9 Å². The lowest BCUT2D eigenvalue weighted by Crippen LogP contribution is -2.29. The molecule has 0 fully saturated rings. The molecule has 0 aliphatic rings. The molecule has 0 spiro atoms. The van der Waals surface area contributed by atoms with E-state index in [0.29, 0.717) is 0 Å². The fourth-order valence-corrected chi connectivity index (χ4v) is 1.08. The number of amides is 1. The van der Waals surface area contributed by atoms with E-state index in [-0.39, 0.29) is 11.3 Å². The van der Waals surface area contributed by atoms with Gasteiger partial charge in [0.05, 0.1) is 5.56 Å². The number of phenolic OH excluding ortho intramolecular Hbond substituents is 1. The Kier molecular flexibility index (Phi) is 3.28. The molecule has 0 atom stereocenters. The summed E-state index contributed by atoms with van der Waals surface area (Å²) in [6, 6.07) is 4.55. The number of nitrogens with one attached hydrogen (secondary N) is 1. The van der Waals surface area contributed by atoms with Crippen LogP contribution in [0.3, 0.4) is 0 Å². The molecule has 0 heterocycles. The molecular weight excluding hydrogens is 198 g/mol. The number of hydrogen-bond acceptors (Lipinski definition) is 3. The van der Waals surface area contributed by atoms with E-state index in [9.17, 15) is 14.7 Å². The van der Waals surface area contributed by atoms with Crippen LogP contribution in [0.2, 0.25) is 0 Å². The predicted octanol–water partition coefficient (Wildman–Crippen LogP) is 0.515. The van der Waals surface area contributed by atoms with Gasteiger partial charge in [-0.05, 0) is 24.6 Å². The van der Waals surface area contributed by atoms with Gasteiger partial charge in [0.1, 0.15) is 12.3 Å². The van der Waals surface area contributed by atoms with Crippen LogP contribution in [0.25, 0.3) is 0 Å². The maximum Gasteiger partial charge on any atom is 0.322 e. The minimum Gasteiger partial charge on any atom is -0.507 e. The second-order valence-electron chi connectivity index (χ2n) is 3.10. The monoisotopic (exact) mass is 209 g/mol. The average molecular weight is 209 g/mol. The van der Waals surface area contributed by atoms with Crippen molar-refractivity contribution in [2.24, 2.45) is 0 Å². The Morgan fingerprint density at radius 3 is 2.60 bits per heavy atom. The number of carboxylic acids is 1. The molecule has 3 N–H and O–H groups in total. The number of aromatic hydroxyl groups is 1. The third-order valence-electron chi connectivity index (χ3n) is 1.80. The number of aliphatic carboxylic acids is 1. The van der Waals surface area contributed by atoms with Crippen molar-refractivity contribution in [3.05, 3.63) is 29.3 Å². The Morgan fingerprint density at radius 1 is 1.40 bits per heavy atom. The van der Waals surface area contributed by atoms with Gasteiger partial charge in [-0.15, -0.1) is 0 Å². The summed E-state index contributed by atoms with van der Waals surface area (Å²) in [4.78, 5) is 21.5. The van der Waals surface area contributed by atoms with Gasteiger partial charge in [0.25, 0.3) is 5.91 Å². The second-order valence-corrected chi connectivity index (χ2v) is 3.10. The first-order valence-electron chi connectivity index (χ1n) is 4.30. The van der Waals surface area contributed by atoms with Gasteiger partial charge in [-0.3, -0.25) is 9.59 Å². The number of carbonyl (C=O) groups excluding carboxylic acids is 1. The van der Waals surface area contributed by atoms with Gasteiger partial charge in [0, 0.05) is 0 Å². The van der Waals surface area contributed by atoms with Crippen LogP contribution in [0.15, 0.2) is 18.2 Å². The highest BCUT2D eigenvalue weighted by Gasteiger charge is 2.11. The van der Waals surface area contributed by atoms with Crippen LogP contribution in [-0.4, -0.2) is 28.6 Å². The van der Waals surface area contributed by atoms with Gasteiger partial charge in [-0.1, -0.05) is 6.07 Å². The predicted molar refractivity (Wildman–Crippen MR) is 52.8 cm³/mol. The van der Waals surface area contributed by atoms with Crippen molar-refractivity contribution >= 4 is 11.9 Å². The van der Waals surface area contributed by atoms with Gasteiger partial charge in [0.2, 0.25) is 0 Å². The highest BCUT2D eigenvalue weighted by atomic mass is 16.4. The Bertz CT molecular complexity index is 400.